The van der Waals surface area contributed by atoms with Gasteiger partial charge in [0.15, 0.2) is 0 Å². The summed E-state index contributed by atoms with van der Waals surface area (Å²) < 4.78 is 38.3. The Kier molecular flexibility index (Phi) is 3.74. The number of halogens is 3. The van der Waals surface area contributed by atoms with Crippen LogP contribution < -0.4 is 0 Å². The highest BCUT2D eigenvalue weighted by molar-refractivity contribution is 4.88. The van der Waals surface area contributed by atoms with Gasteiger partial charge < -0.3 is 0 Å². The zero-order valence-corrected chi connectivity index (χ0v) is 10.8. The summed E-state index contributed by atoms with van der Waals surface area (Å²) in [5.74, 6) is 1.17. The Morgan fingerprint density at radius 1 is 0.941 bits per heavy atom. The quantitative estimate of drug-likeness (QED) is 0.610. The first kappa shape index (κ1) is 13.2. The molecule has 2 aliphatic rings. The monoisotopic (exact) mass is 248 g/mol. The van der Waals surface area contributed by atoms with Crippen molar-refractivity contribution in [2.24, 2.45) is 29.6 Å². The summed E-state index contributed by atoms with van der Waals surface area (Å²) >= 11 is 0. The highest BCUT2D eigenvalue weighted by Gasteiger charge is 2.45. The average Bonchev–Trinajstić information content (AvgIpc) is 2.59. The first-order valence-corrected chi connectivity index (χ1v) is 6.96. The van der Waals surface area contributed by atoms with Crippen LogP contribution in [0.1, 0.15) is 52.4 Å². The molecule has 2 fully saturated rings. The predicted molar refractivity (Wildman–Crippen MR) is 62.6 cm³/mol. The molecule has 0 nitrogen and oxygen atoms in total. The number of hydrogen-bond donors (Lipinski definition) is 0. The van der Waals surface area contributed by atoms with Crippen molar-refractivity contribution in [3.05, 3.63) is 0 Å². The van der Waals surface area contributed by atoms with Crippen LogP contribution >= 0.6 is 0 Å². The van der Waals surface area contributed by atoms with Crippen molar-refractivity contribution in [1.29, 1.82) is 0 Å². The molecule has 0 saturated heterocycles. The molecule has 0 heterocycles. The van der Waals surface area contributed by atoms with Crippen LogP contribution in [0.25, 0.3) is 0 Å². The van der Waals surface area contributed by atoms with Crippen LogP contribution in [0.2, 0.25) is 0 Å². The summed E-state index contributed by atoms with van der Waals surface area (Å²) in [5, 5.41) is 0. The van der Waals surface area contributed by atoms with Gasteiger partial charge >= 0.3 is 6.18 Å². The number of hydrogen-bond acceptors (Lipinski definition) is 0. The first-order valence-electron chi connectivity index (χ1n) is 6.96. The van der Waals surface area contributed by atoms with Gasteiger partial charge in [-0.1, -0.05) is 33.1 Å². The molecule has 3 heteroatoms. The topological polar surface area (TPSA) is 0 Å². The molecule has 100 valence electrons. The second-order valence-electron chi connectivity index (χ2n) is 6.24. The van der Waals surface area contributed by atoms with Gasteiger partial charge in [0.2, 0.25) is 0 Å². The molecule has 0 aromatic heterocycles. The Morgan fingerprint density at radius 3 is 2.18 bits per heavy atom. The van der Waals surface area contributed by atoms with Crippen molar-refractivity contribution in [2.75, 3.05) is 0 Å². The molecule has 0 aromatic carbocycles. The SMILES string of the molecule is CC1CCC(C2CCCC(C(F)(F)F)C2)C1C. The van der Waals surface area contributed by atoms with E-state index in [0.717, 1.165) is 19.3 Å². The summed E-state index contributed by atoms with van der Waals surface area (Å²) in [6, 6.07) is 0. The second-order valence-corrected chi connectivity index (χ2v) is 6.24. The van der Waals surface area contributed by atoms with E-state index in [2.05, 4.69) is 13.8 Å². The van der Waals surface area contributed by atoms with Gasteiger partial charge in [0.25, 0.3) is 0 Å². The maximum atomic E-state index is 12.8. The molecule has 5 atom stereocenters. The van der Waals surface area contributed by atoms with Gasteiger partial charge in [-0.2, -0.15) is 13.2 Å². The van der Waals surface area contributed by atoms with E-state index in [9.17, 15) is 13.2 Å². The van der Waals surface area contributed by atoms with Crippen LogP contribution in [0.5, 0.6) is 0 Å². The third kappa shape index (κ3) is 2.79. The van der Waals surface area contributed by atoms with Crippen LogP contribution in [0.3, 0.4) is 0 Å². The molecule has 0 aromatic rings. The summed E-state index contributed by atoms with van der Waals surface area (Å²) in [6.07, 6.45) is 0.936. The van der Waals surface area contributed by atoms with Gasteiger partial charge in [0, 0.05) is 0 Å². The van der Waals surface area contributed by atoms with Crippen LogP contribution in [-0.4, -0.2) is 6.18 Å². The largest absolute Gasteiger partial charge is 0.391 e. The zero-order valence-electron chi connectivity index (χ0n) is 10.8. The fourth-order valence-electron chi connectivity index (χ4n) is 3.98. The summed E-state index contributed by atoms with van der Waals surface area (Å²) in [7, 11) is 0. The van der Waals surface area contributed by atoms with Gasteiger partial charge in [-0.3, -0.25) is 0 Å². The van der Waals surface area contributed by atoms with Crippen molar-refractivity contribution in [3.8, 4) is 0 Å². The lowest BCUT2D eigenvalue weighted by molar-refractivity contribution is -0.187. The highest BCUT2D eigenvalue weighted by Crippen LogP contribution is 2.49. The zero-order chi connectivity index (χ0) is 12.6. The standard InChI is InChI=1S/C14H23F3/c1-9-6-7-13(10(9)2)11-4-3-5-12(8-11)14(15,16)17/h9-13H,3-8H2,1-2H3. The van der Waals surface area contributed by atoms with E-state index in [1.54, 1.807) is 0 Å². The van der Waals surface area contributed by atoms with Gasteiger partial charge in [-0.25, -0.2) is 0 Å². The van der Waals surface area contributed by atoms with Crippen LogP contribution in [0.15, 0.2) is 0 Å². The maximum Gasteiger partial charge on any atom is 0.391 e. The number of rotatable bonds is 1. The van der Waals surface area contributed by atoms with E-state index in [1.807, 2.05) is 0 Å². The Morgan fingerprint density at radius 2 is 1.65 bits per heavy atom. The van der Waals surface area contributed by atoms with E-state index in [0.29, 0.717) is 36.5 Å². The molecular formula is C14H23F3. The van der Waals surface area contributed by atoms with E-state index in [-0.39, 0.29) is 0 Å². The van der Waals surface area contributed by atoms with Gasteiger partial charge in [0.1, 0.15) is 0 Å². The minimum atomic E-state index is -3.97. The smallest absolute Gasteiger partial charge is 0.171 e. The Bertz CT molecular complexity index is 259. The van der Waals surface area contributed by atoms with E-state index in [4.69, 9.17) is 0 Å². The summed E-state index contributed by atoms with van der Waals surface area (Å²) in [6.45, 7) is 4.48. The number of alkyl halides is 3. The molecule has 0 bridgehead atoms. The first-order chi connectivity index (χ1) is 7.89. The normalized spacial score (nSPS) is 43.9. The van der Waals surface area contributed by atoms with Crippen LogP contribution in [-0.2, 0) is 0 Å². The lowest BCUT2D eigenvalue weighted by atomic mass is 9.71. The Balaban J connectivity index is 1.98. The third-order valence-corrected chi connectivity index (χ3v) is 5.31. The minimum Gasteiger partial charge on any atom is -0.171 e. The molecule has 0 N–H and O–H groups in total. The second kappa shape index (κ2) is 4.81. The lowest BCUT2D eigenvalue weighted by Gasteiger charge is -2.36. The molecule has 0 aliphatic heterocycles. The highest BCUT2D eigenvalue weighted by atomic mass is 19.4. The van der Waals surface area contributed by atoms with Crippen molar-refractivity contribution >= 4 is 0 Å². The average molecular weight is 248 g/mol. The molecule has 0 radical (unpaired) electrons. The molecule has 2 aliphatic carbocycles. The molecule has 17 heavy (non-hydrogen) atoms. The fourth-order valence-corrected chi connectivity index (χ4v) is 3.98. The van der Waals surface area contributed by atoms with Crippen molar-refractivity contribution in [1.82, 2.24) is 0 Å². The van der Waals surface area contributed by atoms with Gasteiger partial charge in [-0.15, -0.1) is 0 Å². The molecule has 2 saturated carbocycles. The Hall–Kier alpha value is -0.210. The van der Waals surface area contributed by atoms with Gasteiger partial charge in [0.05, 0.1) is 5.92 Å². The molecule has 0 spiro atoms. The Labute approximate surface area is 102 Å². The lowest BCUT2D eigenvalue weighted by Crippen LogP contribution is -2.32. The summed E-state index contributed by atoms with van der Waals surface area (Å²) in [4.78, 5) is 0. The summed E-state index contributed by atoms with van der Waals surface area (Å²) in [5.41, 5.74) is 0. The van der Waals surface area contributed by atoms with E-state index in [1.165, 1.54) is 6.42 Å². The molecule has 0 amide bonds. The molecule has 2 rings (SSSR count). The molecule has 5 unspecified atom stereocenters. The van der Waals surface area contributed by atoms with Gasteiger partial charge in [-0.05, 0) is 42.9 Å². The third-order valence-electron chi connectivity index (χ3n) is 5.31. The van der Waals surface area contributed by atoms with Crippen molar-refractivity contribution < 1.29 is 13.2 Å². The fraction of sp³-hybridized carbons (Fsp3) is 1.00. The van der Waals surface area contributed by atoms with E-state index < -0.39 is 12.1 Å². The maximum absolute atomic E-state index is 12.8. The van der Waals surface area contributed by atoms with Crippen molar-refractivity contribution in [3.63, 3.8) is 0 Å². The van der Waals surface area contributed by atoms with Crippen molar-refractivity contribution in [2.45, 2.75) is 58.5 Å². The predicted octanol–water partition coefficient (Wildman–Crippen LogP) is 5.04. The van der Waals surface area contributed by atoms with Crippen LogP contribution in [0, 0.1) is 29.6 Å². The molecular weight excluding hydrogens is 225 g/mol. The van der Waals surface area contributed by atoms with Crippen LogP contribution in [0.4, 0.5) is 13.2 Å². The minimum absolute atomic E-state index is 0.329. The van der Waals surface area contributed by atoms with E-state index >= 15 is 0 Å².